The maximum atomic E-state index is 11.6. The van der Waals surface area contributed by atoms with E-state index in [9.17, 15) is 18.0 Å². The number of carbonyl (C=O) groups is 2. The van der Waals surface area contributed by atoms with Crippen LogP contribution in [-0.2, 0) is 19.4 Å². The van der Waals surface area contributed by atoms with E-state index in [4.69, 9.17) is 9.66 Å². The molecule has 2 atom stereocenters. The lowest BCUT2D eigenvalue weighted by atomic mass is 9.70. The summed E-state index contributed by atoms with van der Waals surface area (Å²) in [6.07, 6.45) is 3.25. The van der Waals surface area contributed by atoms with Gasteiger partial charge in [0.1, 0.15) is 5.78 Å². The molecular formula is C18H32N2O7S. The average molecular weight is 421 g/mol. The minimum absolute atomic E-state index is 0. The van der Waals surface area contributed by atoms with Crippen molar-refractivity contribution in [3.05, 3.63) is 35.9 Å². The normalized spacial score (nSPS) is 23.8. The standard InChI is InChI=1S/C10H16O.C7H6O2.CH4O4S.2H3N/c1-9(2)7-4-5-10(9,3)8(11)6-7;8-7(9)6-4-2-1-3-5-6;1-5-6(2,3)4;;/h7H,4-6H2,1-3H3;1-5H,(H,8,9);1H3,(H,2,3,4);2*1H3. The topological polar surface area (TPSA) is 188 Å². The predicted molar refractivity (Wildman–Crippen MR) is 106 cm³/mol. The molecule has 0 spiro atoms. The summed E-state index contributed by atoms with van der Waals surface area (Å²) in [6.45, 7) is 6.67. The van der Waals surface area contributed by atoms with Gasteiger partial charge in [0, 0.05) is 11.8 Å². The van der Waals surface area contributed by atoms with E-state index >= 15 is 0 Å². The summed E-state index contributed by atoms with van der Waals surface area (Å²) in [7, 11) is -3.29. The van der Waals surface area contributed by atoms with Crippen molar-refractivity contribution in [2.24, 2.45) is 16.7 Å². The van der Waals surface area contributed by atoms with Gasteiger partial charge in [0.15, 0.2) is 0 Å². The second kappa shape index (κ2) is 10.6. The zero-order valence-electron chi connectivity index (χ0n) is 16.8. The summed E-state index contributed by atoms with van der Waals surface area (Å²) in [5.41, 5.74) is 0.638. The molecule has 9 nitrogen and oxygen atoms in total. The number of fused-ring (bicyclic) bond motifs is 2. The van der Waals surface area contributed by atoms with Crippen molar-refractivity contribution >= 4 is 22.2 Å². The molecule has 2 unspecified atom stereocenters. The first-order valence-corrected chi connectivity index (χ1v) is 9.56. The molecule has 10 heteroatoms. The molecule has 3 rings (SSSR count). The van der Waals surface area contributed by atoms with E-state index in [-0.39, 0.29) is 23.1 Å². The van der Waals surface area contributed by atoms with Crippen LogP contribution in [0.4, 0.5) is 0 Å². The molecule has 28 heavy (non-hydrogen) atoms. The number of ketones is 1. The number of carboxylic acids is 1. The molecule has 8 N–H and O–H groups in total. The second-order valence-corrected chi connectivity index (χ2v) is 8.37. The molecule has 2 bridgehead atoms. The van der Waals surface area contributed by atoms with Gasteiger partial charge in [-0.05, 0) is 36.3 Å². The molecule has 0 saturated heterocycles. The van der Waals surface area contributed by atoms with E-state index < -0.39 is 16.4 Å². The van der Waals surface area contributed by atoms with Crippen molar-refractivity contribution in [3.8, 4) is 0 Å². The highest BCUT2D eigenvalue weighted by atomic mass is 32.3. The maximum Gasteiger partial charge on any atom is 0.397 e. The zero-order valence-corrected chi connectivity index (χ0v) is 17.7. The number of aromatic carboxylic acids is 1. The fraction of sp³-hybridized carbons (Fsp3) is 0.556. The number of hydrogen-bond acceptors (Lipinski definition) is 7. The van der Waals surface area contributed by atoms with E-state index in [0.29, 0.717) is 17.3 Å². The largest absolute Gasteiger partial charge is 0.478 e. The Labute approximate surface area is 166 Å². The van der Waals surface area contributed by atoms with Crippen molar-refractivity contribution in [2.75, 3.05) is 7.11 Å². The first-order valence-electron chi connectivity index (χ1n) is 8.20. The third-order valence-electron chi connectivity index (χ3n) is 5.71. The van der Waals surface area contributed by atoms with Crippen LogP contribution in [0.1, 0.15) is 50.4 Å². The minimum atomic E-state index is -4.16. The molecule has 162 valence electrons. The van der Waals surface area contributed by atoms with Crippen LogP contribution >= 0.6 is 0 Å². The quantitative estimate of drug-likeness (QED) is 0.518. The van der Waals surface area contributed by atoms with Crippen molar-refractivity contribution in [3.63, 3.8) is 0 Å². The molecule has 0 heterocycles. The van der Waals surface area contributed by atoms with Gasteiger partial charge in [-0.2, -0.15) is 8.42 Å². The average Bonchev–Trinajstić information content (AvgIpc) is 2.89. The van der Waals surface area contributed by atoms with Gasteiger partial charge in [-0.15, -0.1) is 0 Å². The number of hydrogen-bond donors (Lipinski definition) is 4. The number of benzene rings is 1. The molecule has 0 aromatic heterocycles. The smallest absolute Gasteiger partial charge is 0.397 e. The van der Waals surface area contributed by atoms with Crippen LogP contribution < -0.4 is 12.3 Å². The van der Waals surface area contributed by atoms with E-state index in [0.717, 1.165) is 20.0 Å². The van der Waals surface area contributed by atoms with Crippen molar-refractivity contribution in [2.45, 2.75) is 40.0 Å². The lowest BCUT2D eigenvalue weighted by Gasteiger charge is -2.32. The Balaban J connectivity index is 0. The number of carboxylic acid groups (broad SMARTS) is 1. The lowest BCUT2D eigenvalue weighted by Crippen LogP contribution is -2.32. The number of Topliss-reactive ketones (excluding diaryl/α,β-unsaturated/α-hetero) is 1. The van der Waals surface area contributed by atoms with Crippen LogP contribution in [0.3, 0.4) is 0 Å². The van der Waals surface area contributed by atoms with Crippen LogP contribution in [-0.4, -0.2) is 36.9 Å². The monoisotopic (exact) mass is 420 g/mol. The molecule has 0 amide bonds. The van der Waals surface area contributed by atoms with Crippen molar-refractivity contribution in [1.29, 1.82) is 0 Å². The summed E-state index contributed by atoms with van der Waals surface area (Å²) in [5.74, 6) is 0.314. The number of carbonyl (C=O) groups excluding carboxylic acids is 1. The van der Waals surface area contributed by atoms with E-state index in [1.807, 2.05) is 0 Å². The second-order valence-electron chi connectivity index (χ2n) is 7.18. The van der Waals surface area contributed by atoms with Gasteiger partial charge in [0.25, 0.3) is 0 Å². The summed E-state index contributed by atoms with van der Waals surface area (Å²) >= 11 is 0. The Morgan fingerprint density at radius 3 is 1.79 bits per heavy atom. The van der Waals surface area contributed by atoms with Gasteiger partial charge in [-0.25, -0.2) is 4.79 Å². The molecule has 2 fully saturated rings. The van der Waals surface area contributed by atoms with Crippen molar-refractivity contribution < 1.29 is 31.8 Å². The molecule has 2 saturated carbocycles. The highest BCUT2D eigenvalue weighted by Crippen LogP contribution is 2.63. The Hall–Kier alpha value is -1.85. The maximum absolute atomic E-state index is 11.6. The molecule has 1 aromatic rings. The Morgan fingerprint density at radius 2 is 1.61 bits per heavy atom. The highest BCUT2D eigenvalue weighted by Gasteiger charge is 2.61. The van der Waals surface area contributed by atoms with Gasteiger partial charge < -0.3 is 17.4 Å². The van der Waals surface area contributed by atoms with E-state index in [1.165, 1.54) is 6.42 Å². The van der Waals surface area contributed by atoms with Crippen LogP contribution in [0.2, 0.25) is 0 Å². The third kappa shape index (κ3) is 6.64. The molecule has 2 aliphatic carbocycles. The summed E-state index contributed by atoms with van der Waals surface area (Å²) in [4.78, 5) is 21.8. The fourth-order valence-electron chi connectivity index (χ4n) is 3.48. The van der Waals surface area contributed by atoms with Gasteiger partial charge >= 0.3 is 16.4 Å². The van der Waals surface area contributed by atoms with Crippen LogP contribution in [0.25, 0.3) is 0 Å². The lowest BCUT2D eigenvalue weighted by molar-refractivity contribution is -0.128. The van der Waals surface area contributed by atoms with Gasteiger partial charge in [0.2, 0.25) is 0 Å². The van der Waals surface area contributed by atoms with Crippen LogP contribution in [0, 0.1) is 16.7 Å². The molecule has 2 aliphatic rings. The number of rotatable bonds is 2. The summed E-state index contributed by atoms with van der Waals surface area (Å²) in [5, 5.41) is 8.38. The molecule has 0 radical (unpaired) electrons. The van der Waals surface area contributed by atoms with Gasteiger partial charge in [-0.1, -0.05) is 39.0 Å². The van der Waals surface area contributed by atoms with Crippen LogP contribution in [0.5, 0.6) is 0 Å². The van der Waals surface area contributed by atoms with E-state index in [1.54, 1.807) is 30.3 Å². The Bertz CT molecular complexity index is 750. The third-order valence-corrected chi connectivity index (χ3v) is 6.14. The molecule has 0 aliphatic heterocycles. The summed E-state index contributed by atoms with van der Waals surface area (Å²) < 4.78 is 29.7. The first kappa shape index (κ1) is 28.4. The Kier molecular flexibility index (Phi) is 10.8. The minimum Gasteiger partial charge on any atom is -0.478 e. The van der Waals surface area contributed by atoms with Crippen LogP contribution in [0.15, 0.2) is 30.3 Å². The van der Waals surface area contributed by atoms with E-state index in [2.05, 4.69) is 25.0 Å². The first-order chi connectivity index (χ1) is 11.8. The Morgan fingerprint density at radius 1 is 1.14 bits per heavy atom. The van der Waals surface area contributed by atoms with Gasteiger partial charge in [-0.3, -0.25) is 13.5 Å². The van der Waals surface area contributed by atoms with Gasteiger partial charge in [0.05, 0.1) is 12.7 Å². The fourth-order valence-corrected chi connectivity index (χ4v) is 3.48. The highest BCUT2D eigenvalue weighted by molar-refractivity contribution is 7.80. The predicted octanol–water partition coefficient (Wildman–Crippen LogP) is 3.55. The zero-order chi connectivity index (χ0) is 20.2. The summed E-state index contributed by atoms with van der Waals surface area (Å²) in [6, 6.07) is 8.30. The van der Waals surface area contributed by atoms with Crippen molar-refractivity contribution in [1.82, 2.24) is 12.3 Å². The molecular weight excluding hydrogens is 388 g/mol. The SMILES string of the molecule is CC12CCC(CC1=O)C2(C)C.COS(=O)(=O)O.N.N.O=C(O)c1ccccc1. The molecule has 1 aromatic carbocycles.